The maximum Gasteiger partial charge on any atom is 0.183 e. The number of hydrogen-bond acceptors (Lipinski definition) is 8. The number of hydrogen-bond donors (Lipinski definition) is 1. The van der Waals surface area contributed by atoms with Crippen molar-refractivity contribution < 1.29 is 32.8 Å². The fourth-order valence-corrected chi connectivity index (χ4v) is 2.87. The lowest BCUT2D eigenvalue weighted by molar-refractivity contribution is -0.0143. The summed E-state index contributed by atoms with van der Waals surface area (Å²) in [6.07, 6.45) is 0. The highest BCUT2D eigenvalue weighted by Gasteiger charge is 2.12. The molecule has 0 fully saturated rings. The van der Waals surface area contributed by atoms with Crippen molar-refractivity contribution in [1.29, 1.82) is 0 Å². The average molecular weight is 446 g/mol. The minimum absolute atomic E-state index is 0.490. The molecule has 0 bridgehead atoms. The quantitative estimate of drug-likeness (QED) is 0.186. The van der Waals surface area contributed by atoms with E-state index in [0.717, 1.165) is 11.4 Å². The Morgan fingerprint density at radius 1 is 0.567 bits per heavy atom. The molecule has 30 heavy (non-hydrogen) atoms. The molecule has 9 heteroatoms. The molecule has 0 radical (unpaired) electrons. The molecule has 0 atom stereocenters. The van der Waals surface area contributed by atoms with Crippen LogP contribution in [0.15, 0.2) is 24.3 Å². The topological polar surface area (TPSA) is 90.6 Å². The van der Waals surface area contributed by atoms with Gasteiger partial charge in [-0.15, -0.1) is 0 Å². The molecular formula is C21H39NO7Si. The molecule has 0 saturated carbocycles. The number of rotatable bonds is 20. The third kappa shape index (κ3) is 17.6. The smallest absolute Gasteiger partial charge is 0.183 e. The summed E-state index contributed by atoms with van der Waals surface area (Å²) < 4.78 is 38.5. The zero-order valence-electron chi connectivity index (χ0n) is 18.7. The predicted octanol–water partition coefficient (Wildman–Crippen LogP) is 2.58. The molecule has 2 N–H and O–H groups in total. The lowest BCUT2D eigenvalue weighted by atomic mass is 10.3. The Hall–Kier alpha value is -1.20. The van der Waals surface area contributed by atoms with Crippen molar-refractivity contribution in [3.8, 4) is 5.75 Å². The lowest BCUT2D eigenvalue weighted by Gasteiger charge is -2.16. The Bertz CT molecular complexity index is 511. The van der Waals surface area contributed by atoms with Gasteiger partial charge in [0.1, 0.15) is 12.4 Å². The second kappa shape index (κ2) is 17.5. The standard InChI is InChI=1S/C21H39NO7Si/c1-30(2,3)29-19-17-27-15-13-25-11-9-23-8-10-24-12-14-26-16-18-28-21-6-4-20(22)5-7-21/h4-7H,8-19,22H2,1-3H3. The molecule has 8 nitrogen and oxygen atoms in total. The molecule has 0 unspecified atom stereocenters. The van der Waals surface area contributed by atoms with Gasteiger partial charge in [-0.3, -0.25) is 0 Å². The van der Waals surface area contributed by atoms with Crippen molar-refractivity contribution in [1.82, 2.24) is 0 Å². The maximum atomic E-state index is 5.70. The van der Waals surface area contributed by atoms with E-state index in [1.165, 1.54) is 0 Å². The van der Waals surface area contributed by atoms with Gasteiger partial charge in [0.2, 0.25) is 0 Å². The van der Waals surface area contributed by atoms with E-state index in [-0.39, 0.29) is 0 Å². The van der Waals surface area contributed by atoms with E-state index >= 15 is 0 Å². The Morgan fingerprint density at radius 2 is 0.933 bits per heavy atom. The summed E-state index contributed by atoms with van der Waals surface area (Å²) in [6, 6.07) is 7.28. The van der Waals surface area contributed by atoms with Gasteiger partial charge >= 0.3 is 0 Å². The summed E-state index contributed by atoms with van der Waals surface area (Å²) in [5, 5.41) is 0. The minimum Gasteiger partial charge on any atom is -0.491 e. The Labute approximate surface area is 182 Å². The molecule has 0 aromatic heterocycles. The van der Waals surface area contributed by atoms with Crippen LogP contribution < -0.4 is 10.5 Å². The molecule has 0 aliphatic heterocycles. The van der Waals surface area contributed by atoms with Gasteiger partial charge in [0.15, 0.2) is 8.32 Å². The Balaban J connectivity index is 1.71. The normalized spacial score (nSPS) is 11.7. The van der Waals surface area contributed by atoms with Crippen LogP contribution in [-0.2, 0) is 28.1 Å². The van der Waals surface area contributed by atoms with Crippen LogP contribution in [0.25, 0.3) is 0 Å². The van der Waals surface area contributed by atoms with Gasteiger partial charge in [-0.05, 0) is 43.9 Å². The van der Waals surface area contributed by atoms with Gasteiger partial charge in [0, 0.05) is 5.69 Å². The Morgan fingerprint density at radius 3 is 1.33 bits per heavy atom. The van der Waals surface area contributed by atoms with E-state index in [9.17, 15) is 0 Å². The van der Waals surface area contributed by atoms with Crippen LogP contribution in [0, 0.1) is 0 Å². The lowest BCUT2D eigenvalue weighted by Crippen LogP contribution is -2.27. The van der Waals surface area contributed by atoms with Crippen LogP contribution in [-0.4, -0.2) is 87.6 Å². The van der Waals surface area contributed by atoms with E-state index in [1.54, 1.807) is 12.1 Å². The molecule has 1 aromatic rings. The largest absolute Gasteiger partial charge is 0.491 e. The van der Waals surface area contributed by atoms with Crippen molar-refractivity contribution in [2.75, 3.05) is 85.0 Å². The molecule has 0 amide bonds. The summed E-state index contributed by atoms with van der Waals surface area (Å²) in [5.41, 5.74) is 6.34. The van der Waals surface area contributed by atoms with Gasteiger partial charge in [-0.2, -0.15) is 0 Å². The van der Waals surface area contributed by atoms with E-state index in [4.69, 9.17) is 38.6 Å². The summed E-state index contributed by atoms with van der Waals surface area (Å²) in [4.78, 5) is 0. The highest BCUT2D eigenvalue weighted by molar-refractivity contribution is 6.69. The summed E-state index contributed by atoms with van der Waals surface area (Å²) >= 11 is 0. The van der Waals surface area contributed by atoms with Gasteiger partial charge < -0.3 is 38.6 Å². The van der Waals surface area contributed by atoms with Crippen LogP contribution in [0.3, 0.4) is 0 Å². The van der Waals surface area contributed by atoms with Crippen molar-refractivity contribution in [3.63, 3.8) is 0 Å². The molecule has 0 aliphatic carbocycles. The highest BCUT2D eigenvalue weighted by atomic mass is 28.4. The zero-order chi connectivity index (χ0) is 21.9. The van der Waals surface area contributed by atoms with Crippen LogP contribution in [0.2, 0.25) is 19.6 Å². The summed E-state index contributed by atoms with van der Waals surface area (Å²) in [6.45, 7) is 13.1. The predicted molar refractivity (Wildman–Crippen MR) is 120 cm³/mol. The van der Waals surface area contributed by atoms with Crippen molar-refractivity contribution >= 4 is 14.0 Å². The molecule has 0 spiro atoms. The molecule has 1 rings (SSSR count). The van der Waals surface area contributed by atoms with Gasteiger partial charge in [0.25, 0.3) is 0 Å². The third-order valence-corrected chi connectivity index (χ3v) is 4.70. The van der Waals surface area contributed by atoms with Crippen molar-refractivity contribution in [2.24, 2.45) is 0 Å². The van der Waals surface area contributed by atoms with Gasteiger partial charge in [-0.25, -0.2) is 0 Å². The average Bonchev–Trinajstić information content (AvgIpc) is 2.70. The fraction of sp³-hybridized carbons (Fsp3) is 0.714. The molecular weight excluding hydrogens is 406 g/mol. The van der Waals surface area contributed by atoms with E-state index in [2.05, 4.69) is 19.6 Å². The highest BCUT2D eigenvalue weighted by Crippen LogP contribution is 2.12. The Kier molecular flexibility index (Phi) is 15.6. The second-order valence-corrected chi connectivity index (χ2v) is 12.0. The van der Waals surface area contributed by atoms with Crippen LogP contribution in [0.4, 0.5) is 5.69 Å². The number of benzene rings is 1. The zero-order valence-corrected chi connectivity index (χ0v) is 19.7. The minimum atomic E-state index is -1.43. The van der Waals surface area contributed by atoms with Crippen molar-refractivity contribution in [3.05, 3.63) is 24.3 Å². The van der Waals surface area contributed by atoms with Gasteiger partial charge in [0.05, 0.1) is 72.7 Å². The van der Waals surface area contributed by atoms with E-state index in [1.807, 2.05) is 12.1 Å². The van der Waals surface area contributed by atoms with E-state index in [0.29, 0.717) is 79.3 Å². The monoisotopic (exact) mass is 445 g/mol. The fourth-order valence-electron chi connectivity index (χ4n) is 2.17. The summed E-state index contributed by atoms with van der Waals surface area (Å²) in [7, 11) is -1.43. The molecule has 1 aromatic carbocycles. The van der Waals surface area contributed by atoms with Crippen LogP contribution in [0.1, 0.15) is 0 Å². The first-order valence-electron chi connectivity index (χ1n) is 10.5. The third-order valence-electron chi connectivity index (χ3n) is 3.63. The van der Waals surface area contributed by atoms with Crippen LogP contribution in [0.5, 0.6) is 5.75 Å². The molecule has 0 heterocycles. The first kappa shape index (κ1) is 26.8. The van der Waals surface area contributed by atoms with Crippen molar-refractivity contribution in [2.45, 2.75) is 19.6 Å². The molecule has 174 valence electrons. The number of ether oxygens (including phenoxy) is 6. The number of anilines is 1. The maximum absolute atomic E-state index is 5.70. The summed E-state index contributed by atoms with van der Waals surface area (Å²) in [5.74, 6) is 0.782. The number of nitrogen functional groups attached to an aromatic ring is 1. The first-order chi connectivity index (χ1) is 14.5. The molecule has 0 aliphatic rings. The SMILES string of the molecule is C[Si](C)(C)OCCOCCOCCOCCOCCOCCOc1ccc(N)cc1. The van der Waals surface area contributed by atoms with Gasteiger partial charge in [-0.1, -0.05) is 0 Å². The molecule has 0 saturated heterocycles. The van der Waals surface area contributed by atoms with Crippen LogP contribution >= 0.6 is 0 Å². The number of nitrogens with two attached hydrogens (primary N) is 1. The van der Waals surface area contributed by atoms with E-state index < -0.39 is 8.32 Å². The first-order valence-corrected chi connectivity index (χ1v) is 13.9. The second-order valence-electron chi connectivity index (χ2n) is 7.44.